The molecule has 0 bridgehead atoms. The average molecular weight is 402 g/mol. The van der Waals surface area contributed by atoms with E-state index in [-0.39, 0.29) is 11.9 Å². The Labute approximate surface area is 172 Å². The van der Waals surface area contributed by atoms with Crippen LogP contribution in [0.1, 0.15) is 19.4 Å². The molecule has 150 valence electrons. The van der Waals surface area contributed by atoms with Crippen LogP contribution < -0.4 is 10.2 Å². The molecule has 1 aliphatic heterocycles. The lowest BCUT2D eigenvalue weighted by Crippen LogP contribution is -2.37. The van der Waals surface area contributed by atoms with E-state index in [1.807, 2.05) is 48.5 Å². The highest BCUT2D eigenvalue weighted by Gasteiger charge is 2.16. The Hall–Kier alpha value is -2.08. The van der Waals surface area contributed by atoms with Crippen LogP contribution in [0.2, 0.25) is 5.02 Å². The molecule has 5 nitrogen and oxygen atoms in total. The van der Waals surface area contributed by atoms with E-state index < -0.39 is 0 Å². The topological polar surface area (TPSA) is 44.8 Å². The summed E-state index contributed by atoms with van der Waals surface area (Å²) in [5.41, 5.74) is 3.07. The largest absolute Gasteiger partial charge is 0.378 e. The van der Waals surface area contributed by atoms with Crippen LogP contribution in [0.4, 0.5) is 11.4 Å². The summed E-state index contributed by atoms with van der Waals surface area (Å²) in [5, 5.41) is 3.72. The van der Waals surface area contributed by atoms with Gasteiger partial charge in [0, 0.05) is 42.1 Å². The number of nitrogens with one attached hydrogen (secondary N) is 1. The minimum Gasteiger partial charge on any atom is -0.378 e. The standard InChI is InChI=1S/C22H28ClN3O2/c1-17(2)26(15-18-4-3-5-19(23)14-18)16-22(27)24-20-6-8-21(9-7-20)25-10-12-28-13-11-25/h3-9,14,17H,10-13,15-16H2,1-2H3,(H,24,27). The van der Waals surface area contributed by atoms with E-state index in [0.717, 1.165) is 43.2 Å². The van der Waals surface area contributed by atoms with E-state index in [4.69, 9.17) is 16.3 Å². The normalized spacial score (nSPS) is 14.5. The number of carbonyl (C=O) groups excluding carboxylic acids is 1. The maximum atomic E-state index is 12.6. The zero-order chi connectivity index (χ0) is 19.9. The summed E-state index contributed by atoms with van der Waals surface area (Å²) in [7, 11) is 0. The van der Waals surface area contributed by atoms with E-state index >= 15 is 0 Å². The highest BCUT2D eigenvalue weighted by atomic mass is 35.5. The second-order valence-corrected chi connectivity index (χ2v) is 7.76. The summed E-state index contributed by atoms with van der Waals surface area (Å²) in [6.07, 6.45) is 0. The molecule has 6 heteroatoms. The first-order valence-electron chi connectivity index (χ1n) is 9.72. The summed E-state index contributed by atoms with van der Waals surface area (Å²) in [6.45, 7) is 8.52. The molecule has 28 heavy (non-hydrogen) atoms. The van der Waals surface area contributed by atoms with Crippen molar-refractivity contribution >= 4 is 28.9 Å². The Morgan fingerprint density at radius 2 is 1.89 bits per heavy atom. The third kappa shape index (κ3) is 5.96. The Morgan fingerprint density at radius 1 is 1.18 bits per heavy atom. The zero-order valence-corrected chi connectivity index (χ0v) is 17.3. The molecule has 0 aromatic heterocycles. The van der Waals surface area contributed by atoms with Gasteiger partial charge in [-0.2, -0.15) is 0 Å². The Bertz CT molecular complexity index is 774. The van der Waals surface area contributed by atoms with Gasteiger partial charge in [0.2, 0.25) is 5.91 Å². The van der Waals surface area contributed by atoms with Crippen LogP contribution in [0.15, 0.2) is 48.5 Å². The lowest BCUT2D eigenvalue weighted by molar-refractivity contribution is -0.117. The first kappa shape index (κ1) is 20.6. The molecule has 1 N–H and O–H groups in total. The number of ether oxygens (including phenoxy) is 1. The maximum Gasteiger partial charge on any atom is 0.238 e. The van der Waals surface area contributed by atoms with E-state index in [1.54, 1.807) is 0 Å². The fraction of sp³-hybridized carbons (Fsp3) is 0.409. The molecule has 0 unspecified atom stereocenters. The van der Waals surface area contributed by atoms with Crippen LogP contribution in [0.5, 0.6) is 0 Å². The van der Waals surface area contributed by atoms with Crippen LogP contribution in [0, 0.1) is 0 Å². The van der Waals surface area contributed by atoms with Crippen molar-refractivity contribution in [1.82, 2.24) is 4.90 Å². The summed E-state index contributed by atoms with van der Waals surface area (Å²) in [6, 6.07) is 16.0. The van der Waals surface area contributed by atoms with Crippen LogP contribution in [0.3, 0.4) is 0 Å². The van der Waals surface area contributed by atoms with Crippen LogP contribution in [0.25, 0.3) is 0 Å². The third-order valence-corrected chi connectivity index (χ3v) is 5.11. The van der Waals surface area contributed by atoms with Crippen molar-refractivity contribution in [2.45, 2.75) is 26.4 Å². The van der Waals surface area contributed by atoms with Gasteiger partial charge in [0.25, 0.3) is 0 Å². The van der Waals surface area contributed by atoms with Gasteiger partial charge in [0.1, 0.15) is 0 Å². The molecule has 2 aromatic carbocycles. The molecule has 0 aliphatic carbocycles. The fourth-order valence-corrected chi connectivity index (χ4v) is 3.47. The van der Waals surface area contributed by atoms with Crippen molar-refractivity contribution in [3.63, 3.8) is 0 Å². The van der Waals surface area contributed by atoms with Crippen molar-refractivity contribution in [2.24, 2.45) is 0 Å². The number of nitrogens with zero attached hydrogens (tertiary/aromatic N) is 2. The first-order chi connectivity index (χ1) is 13.5. The molecule has 1 fully saturated rings. The third-order valence-electron chi connectivity index (χ3n) is 4.88. The number of hydrogen-bond acceptors (Lipinski definition) is 4. The second-order valence-electron chi connectivity index (χ2n) is 7.32. The minimum atomic E-state index is -0.0187. The number of benzene rings is 2. The van der Waals surface area contributed by atoms with Crippen LogP contribution in [-0.4, -0.2) is 49.7 Å². The fourth-order valence-electron chi connectivity index (χ4n) is 3.25. The summed E-state index contributed by atoms with van der Waals surface area (Å²) < 4.78 is 5.39. The molecule has 1 amide bonds. The quantitative estimate of drug-likeness (QED) is 0.760. The Kier molecular flexibility index (Phi) is 7.31. The minimum absolute atomic E-state index is 0.0187. The summed E-state index contributed by atoms with van der Waals surface area (Å²) in [5.74, 6) is -0.0187. The van der Waals surface area contributed by atoms with Crippen molar-refractivity contribution in [3.05, 3.63) is 59.1 Å². The Morgan fingerprint density at radius 3 is 2.54 bits per heavy atom. The summed E-state index contributed by atoms with van der Waals surface area (Å²) >= 11 is 6.08. The molecular formula is C22H28ClN3O2. The number of hydrogen-bond donors (Lipinski definition) is 1. The van der Waals surface area contributed by atoms with E-state index in [1.165, 1.54) is 0 Å². The predicted molar refractivity (Wildman–Crippen MR) is 115 cm³/mol. The molecule has 2 aromatic rings. The van der Waals surface area contributed by atoms with Gasteiger partial charge in [-0.25, -0.2) is 0 Å². The zero-order valence-electron chi connectivity index (χ0n) is 16.5. The number of anilines is 2. The number of halogens is 1. The molecule has 1 saturated heterocycles. The van der Waals surface area contributed by atoms with Crippen molar-refractivity contribution in [3.8, 4) is 0 Å². The second kappa shape index (κ2) is 9.92. The molecule has 0 atom stereocenters. The number of carbonyl (C=O) groups is 1. The van der Waals surface area contributed by atoms with Gasteiger partial charge in [-0.1, -0.05) is 23.7 Å². The molecule has 1 heterocycles. The lowest BCUT2D eigenvalue weighted by Gasteiger charge is -2.29. The SMILES string of the molecule is CC(C)N(CC(=O)Nc1ccc(N2CCOCC2)cc1)Cc1cccc(Cl)c1. The van der Waals surface area contributed by atoms with E-state index in [2.05, 4.69) is 29.0 Å². The monoisotopic (exact) mass is 401 g/mol. The van der Waals surface area contributed by atoms with E-state index in [9.17, 15) is 4.79 Å². The molecular weight excluding hydrogens is 374 g/mol. The predicted octanol–water partition coefficient (Wildman–Crippen LogP) is 4.03. The van der Waals surface area contributed by atoms with Crippen molar-refractivity contribution in [1.29, 1.82) is 0 Å². The maximum absolute atomic E-state index is 12.6. The number of rotatable bonds is 7. The lowest BCUT2D eigenvalue weighted by atomic mass is 10.2. The first-order valence-corrected chi connectivity index (χ1v) is 10.1. The van der Waals surface area contributed by atoms with Crippen LogP contribution >= 0.6 is 11.6 Å². The van der Waals surface area contributed by atoms with E-state index in [0.29, 0.717) is 18.1 Å². The highest BCUT2D eigenvalue weighted by Crippen LogP contribution is 2.19. The average Bonchev–Trinajstić information content (AvgIpc) is 2.69. The van der Waals surface area contributed by atoms with Gasteiger partial charge in [-0.15, -0.1) is 0 Å². The van der Waals surface area contributed by atoms with Crippen LogP contribution in [-0.2, 0) is 16.1 Å². The van der Waals surface area contributed by atoms with Crippen molar-refractivity contribution in [2.75, 3.05) is 43.1 Å². The van der Waals surface area contributed by atoms with Gasteiger partial charge in [0.05, 0.1) is 19.8 Å². The highest BCUT2D eigenvalue weighted by molar-refractivity contribution is 6.30. The molecule has 0 spiro atoms. The van der Waals surface area contributed by atoms with Gasteiger partial charge < -0.3 is 15.0 Å². The van der Waals surface area contributed by atoms with Gasteiger partial charge in [-0.3, -0.25) is 9.69 Å². The molecule has 0 saturated carbocycles. The number of amides is 1. The van der Waals surface area contributed by atoms with Gasteiger partial charge >= 0.3 is 0 Å². The molecule has 1 aliphatic rings. The van der Waals surface area contributed by atoms with Gasteiger partial charge in [0.15, 0.2) is 0 Å². The molecule has 3 rings (SSSR count). The molecule has 0 radical (unpaired) electrons. The number of morpholine rings is 1. The van der Waals surface area contributed by atoms with Crippen molar-refractivity contribution < 1.29 is 9.53 Å². The smallest absolute Gasteiger partial charge is 0.238 e. The summed E-state index contributed by atoms with van der Waals surface area (Å²) in [4.78, 5) is 17.0. The van der Waals surface area contributed by atoms with Gasteiger partial charge in [-0.05, 0) is 55.8 Å². The Balaban J connectivity index is 1.56.